The molecule has 0 aliphatic carbocycles. The fourth-order valence-electron chi connectivity index (χ4n) is 2.18. The van der Waals surface area contributed by atoms with Crippen LogP contribution in [0.4, 0.5) is 0 Å². The van der Waals surface area contributed by atoms with E-state index in [1.165, 1.54) is 36.8 Å². The number of rotatable bonds is 5. The van der Waals surface area contributed by atoms with Crippen LogP contribution >= 0.6 is 22.9 Å². The lowest BCUT2D eigenvalue weighted by Crippen LogP contribution is -2.24. The van der Waals surface area contributed by atoms with Gasteiger partial charge in [0, 0.05) is 5.56 Å². The van der Waals surface area contributed by atoms with Crippen LogP contribution in [0, 0.1) is 0 Å². The van der Waals surface area contributed by atoms with Crippen molar-refractivity contribution < 1.29 is 14.6 Å². The molecule has 0 saturated heterocycles. The van der Waals surface area contributed by atoms with Crippen molar-refractivity contribution in [3.05, 3.63) is 62.5 Å². The predicted octanol–water partition coefficient (Wildman–Crippen LogP) is 2.63. The number of methoxy groups -OCH3 is 1. The number of thiophene rings is 1. The van der Waals surface area contributed by atoms with Crippen molar-refractivity contribution in [2.45, 2.75) is 0 Å². The fraction of sp³-hybridized carbons (Fsp3) is 0.0588. The van der Waals surface area contributed by atoms with Gasteiger partial charge in [0.2, 0.25) is 0 Å². The number of ether oxygens (including phenoxy) is 1. The lowest BCUT2D eigenvalue weighted by Gasteiger charge is -2.06. The van der Waals surface area contributed by atoms with E-state index in [2.05, 4.69) is 20.5 Å². The van der Waals surface area contributed by atoms with Crippen molar-refractivity contribution in [1.82, 2.24) is 15.4 Å². The molecule has 0 saturated carbocycles. The molecule has 0 fully saturated rings. The molecule has 0 bridgehead atoms. The Labute approximate surface area is 162 Å². The van der Waals surface area contributed by atoms with E-state index in [1.807, 2.05) is 17.5 Å². The number of hydrogen-bond donors (Lipinski definition) is 3. The van der Waals surface area contributed by atoms with Crippen LogP contribution < -0.4 is 15.9 Å². The van der Waals surface area contributed by atoms with Crippen LogP contribution in [-0.4, -0.2) is 34.3 Å². The Kier molecular flexibility index (Phi) is 5.53. The average Bonchev–Trinajstić information content (AvgIpc) is 3.19. The molecule has 1 aromatic carbocycles. The third-order valence-electron chi connectivity index (χ3n) is 3.46. The van der Waals surface area contributed by atoms with Gasteiger partial charge in [-0.15, -0.1) is 11.3 Å². The van der Waals surface area contributed by atoms with Crippen molar-refractivity contribution in [2.24, 2.45) is 5.10 Å². The molecule has 2 aromatic heterocycles. The lowest BCUT2D eigenvalue weighted by atomic mass is 10.2. The van der Waals surface area contributed by atoms with Gasteiger partial charge in [-0.05, 0) is 29.6 Å². The van der Waals surface area contributed by atoms with Crippen molar-refractivity contribution in [3.8, 4) is 22.1 Å². The zero-order chi connectivity index (χ0) is 19.4. The fourth-order valence-corrected chi connectivity index (χ4v) is 3.09. The number of phenolic OH excluding ortho intramolecular Hbond substituents is 1. The van der Waals surface area contributed by atoms with Gasteiger partial charge < -0.3 is 14.8 Å². The van der Waals surface area contributed by atoms with Crippen LogP contribution in [0.5, 0.6) is 11.5 Å². The summed E-state index contributed by atoms with van der Waals surface area (Å²) in [7, 11) is 1.40. The highest BCUT2D eigenvalue weighted by atomic mass is 35.5. The second-order valence-electron chi connectivity index (χ2n) is 5.18. The highest BCUT2D eigenvalue weighted by molar-refractivity contribution is 7.13. The van der Waals surface area contributed by atoms with Gasteiger partial charge in [0.1, 0.15) is 5.69 Å². The highest BCUT2D eigenvalue weighted by Gasteiger charge is 2.12. The number of halogens is 1. The van der Waals surface area contributed by atoms with Gasteiger partial charge in [0.05, 0.1) is 28.9 Å². The number of H-pyrrole nitrogens is 1. The maximum Gasteiger partial charge on any atom is 0.346 e. The standard InChI is InChI=1S/C17H13ClN4O4S/c1-26-12-5-4-9(14(18)15(12)23)8-19-22-16(24)11-7-10(20-17(25)21-11)13-3-2-6-27-13/h2-8,23H,1H3,(H,22,24)(H,20,21,25)/b19-8+. The molecule has 3 aromatic rings. The minimum atomic E-state index is -0.663. The van der Waals surface area contributed by atoms with Gasteiger partial charge in [0.15, 0.2) is 11.5 Å². The molecule has 1 amide bonds. The van der Waals surface area contributed by atoms with Gasteiger partial charge in [0.25, 0.3) is 5.91 Å². The SMILES string of the molecule is COc1ccc(/C=N/NC(=O)c2cc(-c3cccs3)[nH]c(=O)n2)c(Cl)c1O. The largest absolute Gasteiger partial charge is 0.503 e. The smallest absolute Gasteiger partial charge is 0.346 e. The first-order valence-electron chi connectivity index (χ1n) is 7.53. The summed E-state index contributed by atoms with van der Waals surface area (Å²) < 4.78 is 4.95. The summed E-state index contributed by atoms with van der Waals surface area (Å²) in [5, 5.41) is 15.5. The molecule has 0 aliphatic rings. The molecular formula is C17H13ClN4O4S. The Morgan fingerprint density at radius 1 is 1.44 bits per heavy atom. The number of nitrogens with zero attached hydrogens (tertiary/aromatic N) is 2. The van der Waals surface area contributed by atoms with Gasteiger partial charge in [-0.25, -0.2) is 10.2 Å². The quantitative estimate of drug-likeness (QED) is 0.446. The number of hydrogen-bond acceptors (Lipinski definition) is 7. The monoisotopic (exact) mass is 404 g/mol. The number of aromatic amines is 1. The number of carbonyl (C=O) groups excluding carboxylic acids is 1. The second-order valence-corrected chi connectivity index (χ2v) is 6.51. The molecule has 0 aliphatic heterocycles. The number of amides is 1. The molecule has 3 N–H and O–H groups in total. The predicted molar refractivity (Wildman–Crippen MR) is 103 cm³/mol. The Morgan fingerprint density at radius 2 is 2.26 bits per heavy atom. The van der Waals surface area contributed by atoms with Crippen molar-refractivity contribution in [1.29, 1.82) is 0 Å². The van der Waals surface area contributed by atoms with Crippen molar-refractivity contribution in [2.75, 3.05) is 7.11 Å². The molecule has 8 nitrogen and oxygen atoms in total. The van der Waals surface area contributed by atoms with E-state index in [0.29, 0.717) is 11.3 Å². The number of aromatic nitrogens is 2. The zero-order valence-corrected chi connectivity index (χ0v) is 15.5. The summed E-state index contributed by atoms with van der Waals surface area (Å²) in [4.78, 5) is 31.0. The van der Waals surface area contributed by atoms with Crippen molar-refractivity contribution in [3.63, 3.8) is 0 Å². The summed E-state index contributed by atoms with van der Waals surface area (Å²) in [5.41, 5.74) is 2.41. The molecule has 0 atom stereocenters. The molecular weight excluding hydrogens is 392 g/mol. The summed E-state index contributed by atoms with van der Waals surface area (Å²) in [5.74, 6) is -0.676. The van der Waals surface area contributed by atoms with Crippen LogP contribution in [0.3, 0.4) is 0 Å². The van der Waals surface area contributed by atoms with Crippen molar-refractivity contribution >= 4 is 35.1 Å². The van der Waals surface area contributed by atoms with Crippen LogP contribution in [-0.2, 0) is 0 Å². The van der Waals surface area contributed by atoms with Gasteiger partial charge in [-0.2, -0.15) is 10.1 Å². The summed E-state index contributed by atoms with van der Waals surface area (Å²) in [6.07, 6.45) is 1.26. The van der Waals surface area contributed by atoms with E-state index in [1.54, 1.807) is 6.07 Å². The Bertz CT molecular complexity index is 1060. The molecule has 138 valence electrons. The molecule has 3 rings (SSSR count). The molecule has 0 unspecified atom stereocenters. The van der Waals surface area contributed by atoms with Gasteiger partial charge >= 0.3 is 5.69 Å². The number of aromatic hydroxyl groups is 1. The minimum absolute atomic E-state index is 0.0293. The number of nitrogens with one attached hydrogen (secondary N) is 2. The van der Waals surface area contributed by atoms with Gasteiger partial charge in [-0.3, -0.25) is 4.79 Å². The van der Waals surface area contributed by atoms with E-state index in [-0.39, 0.29) is 22.2 Å². The van der Waals surface area contributed by atoms with Crippen LogP contribution in [0.25, 0.3) is 10.6 Å². The van der Waals surface area contributed by atoms with Crippen LogP contribution in [0.2, 0.25) is 5.02 Å². The van der Waals surface area contributed by atoms with E-state index in [9.17, 15) is 14.7 Å². The molecule has 27 heavy (non-hydrogen) atoms. The maximum atomic E-state index is 12.2. The first-order chi connectivity index (χ1) is 13.0. The number of phenols is 1. The van der Waals surface area contributed by atoms with E-state index >= 15 is 0 Å². The van der Waals surface area contributed by atoms with Crippen LogP contribution in [0.15, 0.2) is 45.6 Å². The van der Waals surface area contributed by atoms with E-state index < -0.39 is 11.6 Å². The number of carbonyl (C=O) groups is 1. The first kappa shape index (κ1) is 18.6. The lowest BCUT2D eigenvalue weighted by molar-refractivity contribution is 0.0949. The minimum Gasteiger partial charge on any atom is -0.503 e. The topological polar surface area (TPSA) is 117 Å². The summed E-state index contributed by atoms with van der Waals surface area (Å²) in [6, 6.07) is 8.18. The average molecular weight is 405 g/mol. The Hall–Kier alpha value is -3.17. The second kappa shape index (κ2) is 8.02. The van der Waals surface area contributed by atoms with Crippen LogP contribution in [0.1, 0.15) is 16.1 Å². The summed E-state index contributed by atoms with van der Waals surface area (Å²) in [6.45, 7) is 0. The Morgan fingerprint density at radius 3 is 2.96 bits per heavy atom. The Balaban J connectivity index is 1.78. The number of hydrazone groups is 1. The maximum absolute atomic E-state index is 12.2. The third-order valence-corrected chi connectivity index (χ3v) is 4.76. The normalized spacial score (nSPS) is 10.9. The third kappa shape index (κ3) is 4.15. The molecule has 2 heterocycles. The number of benzene rings is 1. The molecule has 0 radical (unpaired) electrons. The molecule has 10 heteroatoms. The zero-order valence-electron chi connectivity index (χ0n) is 13.9. The first-order valence-corrected chi connectivity index (χ1v) is 8.79. The summed E-state index contributed by atoms with van der Waals surface area (Å²) >= 11 is 7.44. The highest BCUT2D eigenvalue weighted by Crippen LogP contribution is 2.35. The van der Waals surface area contributed by atoms with E-state index in [0.717, 1.165) is 4.88 Å². The van der Waals surface area contributed by atoms with E-state index in [4.69, 9.17) is 16.3 Å². The molecule has 0 spiro atoms. The van der Waals surface area contributed by atoms with Gasteiger partial charge in [-0.1, -0.05) is 17.7 Å².